The molecule has 1 amide bonds. The molecule has 0 saturated carbocycles. The highest BCUT2D eigenvalue weighted by atomic mass is 32.2. The summed E-state index contributed by atoms with van der Waals surface area (Å²) in [7, 11) is 0. The minimum absolute atomic E-state index is 0.0233. The summed E-state index contributed by atoms with van der Waals surface area (Å²) in [5, 5.41) is 14.5. The number of fused-ring (bicyclic) bond motifs is 2. The monoisotopic (exact) mass is 516 g/mol. The van der Waals surface area contributed by atoms with Crippen molar-refractivity contribution in [3.8, 4) is 5.75 Å². The number of benzene rings is 4. The van der Waals surface area contributed by atoms with Crippen molar-refractivity contribution in [1.29, 1.82) is 0 Å². The molecule has 5 rings (SSSR count). The fraction of sp³-hybridized carbons (Fsp3) is 0.207. The SMILES string of the molecule is O=C(CC(c1ccccc1)N(c1ccc2ccccc2c1)S(=O)O)NC1CCOc2cc(CO)ccc21. The van der Waals surface area contributed by atoms with E-state index in [4.69, 9.17) is 4.74 Å². The van der Waals surface area contributed by atoms with Crippen molar-refractivity contribution < 1.29 is 23.4 Å². The van der Waals surface area contributed by atoms with Gasteiger partial charge in [-0.05, 0) is 40.1 Å². The first-order valence-corrected chi connectivity index (χ1v) is 13.2. The molecule has 1 aliphatic heterocycles. The summed E-state index contributed by atoms with van der Waals surface area (Å²) in [4.78, 5) is 13.4. The zero-order chi connectivity index (χ0) is 25.8. The van der Waals surface area contributed by atoms with E-state index in [0.29, 0.717) is 24.5 Å². The van der Waals surface area contributed by atoms with E-state index < -0.39 is 17.3 Å². The largest absolute Gasteiger partial charge is 0.493 e. The van der Waals surface area contributed by atoms with Gasteiger partial charge in [0.15, 0.2) is 0 Å². The van der Waals surface area contributed by atoms with Crippen molar-refractivity contribution in [3.63, 3.8) is 0 Å². The number of hydrogen-bond acceptors (Lipinski definition) is 4. The Morgan fingerprint density at radius 2 is 1.76 bits per heavy atom. The number of amides is 1. The molecule has 190 valence electrons. The molecular weight excluding hydrogens is 488 g/mol. The van der Waals surface area contributed by atoms with Crippen molar-refractivity contribution in [2.45, 2.75) is 31.5 Å². The van der Waals surface area contributed by atoms with E-state index in [2.05, 4.69) is 5.32 Å². The van der Waals surface area contributed by atoms with Gasteiger partial charge in [-0.2, -0.15) is 0 Å². The fourth-order valence-electron chi connectivity index (χ4n) is 4.82. The highest BCUT2D eigenvalue weighted by Gasteiger charge is 2.30. The molecule has 4 aromatic carbocycles. The molecule has 8 heteroatoms. The second-order valence-electron chi connectivity index (χ2n) is 9.01. The fourth-order valence-corrected chi connectivity index (χ4v) is 5.52. The van der Waals surface area contributed by atoms with Gasteiger partial charge in [0, 0.05) is 12.0 Å². The molecule has 0 spiro atoms. The number of ether oxygens (including phenoxy) is 1. The summed E-state index contributed by atoms with van der Waals surface area (Å²) >= 11 is -2.38. The van der Waals surface area contributed by atoms with E-state index in [1.807, 2.05) is 78.9 Å². The summed E-state index contributed by atoms with van der Waals surface area (Å²) in [6.07, 6.45) is 0.581. The van der Waals surface area contributed by atoms with Crippen molar-refractivity contribution in [1.82, 2.24) is 5.32 Å². The highest BCUT2D eigenvalue weighted by Crippen LogP contribution is 2.35. The molecule has 37 heavy (non-hydrogen) atoms. The number of nitrogens with one attached hydrogen (secondary N) is 1. The summed E-state index contributed by atoms with van der Waals surface area (Å²) in [5.41, 5.74) is 2.90. The average molecular weight is 517 g/mol. The Labute approximate surface area is 218 Å². The highest BCUT2D eigenvalue weighted by molar-refractivity contribution is 7.80. The molecule has 1 aliphatic rings. The third kappa shape index (κ3) is 5.51. The van der Waals surface area contributed by atoms with Crippen LogP contribution in [-0.4, -0.2) is 26.4 Å². The molecule has 4 aromatic rings. The van der Waals surface area contributed by atoms with E-state index >= 15 is 0 Å². The molecule has 3 unspecified atom stereocenters. The summed E-state index contributed by atoms with van der Waals surface area (Å²) in [6.45, 7) is 0.355. The molecule has 0 radical (unpaired) electrons. The Hall–Kier alpha value is -3.72. The normalized spacial score (nSPS) is 16.3. The molecule has 0 fully saturated rings. The van der Waals surface area contributed by atoms with Gasteiger partial charge >= 0.3 is 0 Å². The van der Waals surface area contributed by atoms with Crippen LogP contribution in [0.25, 0.3) is 10.8 Å². The first kappa shape index (κ1) is 25.0. The van der Waals surface area contributed by atoms with E-state index in [-0.39, 0.29) is 25.0 Å². The van der Waals surface area contributed by atoms with Gasteiger partial charge in [0.2, 0.25) is 5.91 Å². The summed E-state index contributed by atoms with van der Waals surface area (Å²) < 4.78 is 30.3. The zero-order valence-electron chi connectivity index (χ0n) is 20.1. The van der Waals surface area contributed by atoms with Gasteiger partial charge in [-0.15, -0.1) is 0 Å². The molecule has 0 saturated heterocycles. The number of nitrogens with zero attached hydrogens (tertiary/aromatic N) is 1. The Morgan fingerprint density at radius 3 is 2.51 bits per heavy atom. The molecule has 7 nitrogen and oxygen atoms in total. The van der Waals surface area contributed by atoms with Crippen molar-refractivity contribution in [2.75, 3.05) is 10.9 Å². The van der Waals surface area contributed by atoms with Crippen LogP contribution >= 0.6 is 0 Å². The molecule has 3 atom stereocenters. The maximum Gasteiger partial charge on any atom is 0.262 e. The number of carbonyl (C=O) groups is 1. The van der Waals surface area contributed by atoms with Crippen molar-refractivity contribution >= 4 is 33.6 Å². The van der Waals surface area contributed by atoms with Crippen LogP contribution in [0.1, 0.15) is 41.6 Å². The van der Waals surface area contributed by atoms with Crippen LogP contribution in [0.2, 0.25) is 0 Å². The zero-order valence-corrected chi connectivity index (χ0v) is 20.9. The van der Waals surface area contributed by atoms with Crippen LogP contribution in [0.5, 0.6) is 5.75 Å². The number of hydrogen-bond donors (Lipinski definition) is 3. The number of aliphatic hydroxyl groups is 1. The third-order valence-corrected chi connectivity index (χ3v) is 7.44. The summed E-state index contributed by atoms with van der Waals surface area (Å²) in [6, 6.07) is 27.2. The lowest BCUT2D eigenvalue weighted by molar-refractivity contribution is -0.122. The second-order valence-corrected chi connectivity index (χ2v) is 9.86. The topological polar surface area (TPSA) is 99.1 Å². The van der Waals surface area contributed by atoms with Gasteiger partial charge in [0.1, 0.15) is 5.75 Å². The Bertz CT molecular complexity index is 1430. The van der Waals surface area contributed by atoms with E-state index in [1.165, 1.54) is 4.31 Å². The van der Waals surface area contributed by atoms with E-state index in [9.17, 15) is 18.7 Å². The van der Waals surface area contributed by atoms with Gasteiger partial charge in [-0.3, -0.25) is 13.7 Å². The van der Waals surface area contributed by atoms with Gasteiger partial charge in [0.25, 0.3) is 11.3 Å². The molecule has 0 aliphatic carbocycles. The first-order chi connectivity index (χ1) is 18.0. The van der Waals surface area contributed by atoms with Crippen molar-refractivity contribution in [3.05, 3.63) is 108 Å². The Morgan fingerprint density at radius 1 is 1.00 bits per heavy atom. The number of rotatable bonds is 8. The first-order valence-electron chi connectivity index (χ1n) is 12.1. The number of carbonyl (C=O) groups excluding carboxylic acids is 1. The number of aliphatic hydroxyl groups excluding tert-OH is 1. The van der Waals surface area contributed by atoms with Crippen LogP contribution in [0.15, 0.2) is 91.0 Å². The van der Waals surface area contributed by atoms with Gasteiger partial charge in [-0.1, -0.05) is 72.8 Å². The Kier molecular flexibility index (Phi) is 7.50. The van der Waals surface area contributed by atoms with Crippen LogP contribution in [0.3, 0.4) is 0 Å². The van der Waals surface area contributed by atoms with Gasteiger partial charge in [0.05, 0.1) is 37.4 Å². The maximum atomic E-state index is 13.4. The van der Waals surface area contributed by atoms with E-state index in [0.717, 1.165) is 27.5 Å². The lowest BCUT2D eigenvalue weighted by Gasteiger charge is -2.32. The molecular formula is C29H28N2O5S. The minimum atomic E-state index is -2.38. The average Bonchev–Trinajstić information content (AvgIpc) is 2.92. The lowest BCUT2D eigenvalue weighted by atomic mass is 9.97. The minimum Gasteiger partial charge on any atom is -0.493 e. The predicted octanol–water partition coefficient (Wildman–Crippen LogP) is 5.05. The van der Waals surface area contributed by atoms with E-state index in [1.54, 1.807) is 12.1 Å². The van der Waals surface area contributed by atoms with Crippen LogP contribution in [0.4, 0.5) is 5.69 Å². The quantitative estimate of drug-likeness (QED) is 0.285. The lowest BCUT2D eigenvalue weighted by Crippen LogP contribution is -2.37. The third-order valence-electron chi connectivity index (χ3n) is 6.64. The van der Waals surface area contributed by atoms with Crippen LogP contribution in [-0.2, 0) is 22.7 Å². The molecule has 3 N–H and O–H groups in total. The van der Waals surface area contributed by atoms with Crippen molar-refractivity contribution in [2.24, 2.45) is 0 Å². The Balaban J connectivity index is 1.44. The maximum absolute atomic E-state index is 13.4. The summed E-state index contributed by atoms with van der Waals surface area (Å²) in [5.74, 6) is 0.408. The van der Waals surface area contributed by atoms with Gasteiger partial charge in [-0.25, -0.2) is 4.21 Å². The molecule has 0 bridgehead atoms. The molecule has 1 heterocycles. The predicted molar refractivity (Wildman–Crippen MR) is 144 cm³/mol. The molecule has 0 aromatic heterocycles. The van der Waals surface area contributed by atoms with Gasteiger partial charge < -0.3 is 15.2 Å². The van der Waals surface area contributed by atoms with Crippen LogP contribution in [0, 0.1) is 0 Å². The smallest absolute Gasteiger partial charge is 0.262 e. The second kappa shape index (κ2) is 11.1. The number of anilines is 1. The van der Waals surface area contributed by atoms with Crippen LogP contribution < -0.4 is 14.4 Å². The standard InChI is InChI=1S/C29H28N2O5S/c32-19-20-10-13-25-26(14-15-36-28(25)16-20)30-29(33)18-27(22-7-2-1-3-8-22)31(37(34)35)24-12-11-21-6-4-5-9-23(21)17-24/h1-13,16-17,26-27,32H,14-15,18-19H2,(H,30,33)(H,34,35).